The Kier molecular flexibility index (Phi) is 5.28. The molecule has 0 amide bonds. The van der Waals surface area contributed by atoms with Gasteiger partial charge in [-0.15, -0.1) is 5.11 Å². The molecular weight excluding hydrogens is 390 g/mol. The van der Waals surface area contributed by atoms with E-state index >= 15 is 0 Å². The number of phenols is 1. The second-order valence-electron chi connectivity index (χ2n) is 7.03. The maximum Gasteiger partial charge on any atom is 0.234 e. The molecule has 0 aliphatic heterocycles. The molecule has 8 nitrogen and oxygen atoms in total. The van der Waals surface area contributed by atoms with E-state index in [-0.39, 0.29) is 11.7 Å². The molecule has 1 heterocycles. The molecule has 0 bridgehead atoms. The van der Waals surface area contributed by atoms with Gasteiger partial charge >= 0.3 is 0 Å². The smallest absolute Gasteiger partial charge is 0.234 e. The van der Waals surface area contributed by atoms with Crippen LogP contribution in [0.15, 0.2) is 77.5 Å². The summed E-state index contributed by atoms with van der Waals surface area (Å²) in [5.41, 5.74) is 8.43. The lowest BCUT2D eigenvalue weighted by atomic mass is 10.1. The van der Waals surface area contributed by atoms with Crippen molar-refractivity contribution in [1.82, 2.24) is 15.0 Å². The first-order chi connectivity index (χ1) is 14.9. The number of nitrogen functional groups attached to an aromatic ring is 1. The van der Waals surface area contributed by atoms with Crippen molar-refractivity contribution in [2.24, 2.45) is 10.2 Å². The zero-order chi connectivity index (χ0) is 22.0. The van der Waals surface area contributed by atoms with Gasteiger partial charge in [0, 0.05) is 18.1 Å². The summed E-state index contributed by atoms with van der Waals surface area (Å²) in [7, 11) is 1.83. The molecule has 0 aliphatic rings. The number of fused-ring (bicyclic) bond motifs is 1. The molecule has 4 aromatic rings. The van der Waals surface area contributed by atoms with E-state index < -0.39 is 0 Å². The SMILES string of the molecule is C=C(C)c1nc(N)nc(N(C)c2ccc(N=Nc3c(O)ccc4ccccc34)cc2)n1. The number of hydrogen-bond acceptors (Lipinski definition) is 8. The molecule has 0 spiro atoms. The molecule has 1 aromatic heterocycles. The summed E-state index contributed by atoms with van der Waals surface area (Å²) in [6, 6.07) is 18.6. The highest BCUT2D eigenvalue weighted by atomic mass is 16.3. The van der Waals surface area contributed by atoms with Crippen LogP contribution in [0, 0.1) is 0 Å². The number of nitrogens with two attached hydrogens (primary N) is 1. The van der Waals surface area contributed by atoms with Crippen LogP contribution in [0.3, 0.4) is 0 Å². The Hall–Kier alpha value is -4.33. The largest absolute Gasteiger partial charge is 0.506 e. The van der Waals surface area contributed by atoms with Crippen molar-refractivity contribution in [2.75, 3.05) is 17.7 Å². The summed E-state index contributed by atoms with van der Waals surface area (Å²) >= 11 is 0. The van der Waals surface area contributed by atoms with Crippen molar-refractivity contribution in [3.63, 3.8) is 0 Å². The zero-order valence-electron chi connectivity index (χ0n) is 17.2. The molecule has 3 aromatic carbocycles. The maximum absolute atomic E-state index is 10.2. The van der Waals surface area contributed by atoms with E-state index in [1.54, 1.807) is 11.0 Å². The molecule has 154 valence electrons. The lowest BCUT2D eigenvalue weighted by Gasteiger charge is -2.18. The first-order valence-corrected chi connectivity index (χ1v) is 9.56. The van der Waals surface area contributed by atoms with E-state index in [0.717, 1.165) is 16.5 Å². The van der Waals surface area contributed by atoms with E-state index in [0.29, 0.717) is 28.7 Å². The number of anilines is 3. The van der Waals surface area contributed by atoms with Crippen LogP contribution in [-0.2, 0) is 0 Å². The molecule has 0 saturated heterocycles. The molecule has 3 N–H and O–H groups in total. The van der Waals surface area contributed by atoms with Crippen molar-refractivity contribution in [1.29, 1.82) is 0 Å². The molecule has 0 fully saturated rings. The molecule has 0 aliphatic carbocycles. The van der Waals surface area contributed by atoms with Crippen LogP contribution in [0.2, 0.25) is 0 Å². The van der Waals surface area contributed by atoms with Crippen LogP contribution >= 0.6 is 0 Å². The van der Waals surface area contributed by atoms with Crippen LogP contribution in [0.4, 0.5) is 29.0 Å². The Labute approximate surface area is 179 Å². The summed E-state index contributed by atoms with van der Waals surface area (Å²) < 4.78 is 0. The number of azo groups is 1. The highest BCUT2D eigenvalue weighted by Gasteiger charge is 2.11. The zero-order valence-corrected chi connectivity index (χ0v) is 17.2. The van der Waals surface area contributed by atoms with Crippen molar-refractivity contribution >= 4 is 45.3 Å². The minimum atomic E-state index is 0.0829. The average Bonchev–Trinajstić information content (AvgIpc) is 2.78. The van der Waals surface area contributed by atoms with Gasteiger partial charge in [0.05, 0.1) is 5.69 Å². The molecule has 8 heteroatoms. The lowest BCUT2D eigenvalue weighted by Crippen LogP contribution is -2.15. The Morgan fingerprint density at radius 2 is 1.71 bits per heavy atom. The Morgan fingerprint density at radius 3 is 2.45 bits per heavy atom. The van der Waals surface area contributed by atoms with Gasteiger partial charge in [0.25, 0.3) is 0 Å². The van der Waals surface area contributed by atoms with Crippen molar-refractivity contribution in [3.05, 3.63) is 73.1 Å². The average molecular weight is 411 g/mol. The number of rotatable bonds is 5. The molecule has 31 heavy (non-hydrogen) atoms. The van der Waals surface area contributed by atoms with Gasteiger partial charge in [0.2, 0.25) is 11.9 Å². The Bertz CT molecular complexity index is 1300. The molecule has 4 rings (SSSR count). The van der Waals surface area contributed by atoms with Gasteiger partial charge in [-0.25, -0.2) is 0 Å². The third-order valence-corrected chi connectivity index (χ3v) is 4.70. The summed E-state index contributed by atoms with van der Waals surface area (Å²) in [4.78, 5) is 14.5. The van der Waals surface area contributed by atoms with Gasteiger partial charge in [-0.3, -0.25) is 0 Å². The third-order valence-electron chi connectivity index (χ3n) is 4.70. The number of phenolic OH excluding ortho intramolecular Hbond substituents is 1. The highest BCUT2D eigenvalue weighted by molar-refractivity contribution is 5.95. The van der Waals surface area contributed by atoms with Crippen LogP contribution in [-0.4, -0.2) is 27.1 Å². The molecule has 0 radical (unpaired) electrons. The Morgan fingerprint density at radius 1 is 0.968 bits per heavy atom. The van der Waals surface area contributed by atoms with Crippen molar-refractivity contribution in [2.45, 2.75) is 6.92 Å². The fourth-order valence-electron chi connectivity index (χ4n) is 3.04. The van der Waals surface area contributed by atoms with Crippen molar-refractivity contribution < 1.29 is 5.11 Å². The highest BCUT2D eigenvalue weighted by Crippen LogP contribution is 2.36. The minimum absolute atomic E-state index is 0.0829. The number of hydrogen-bond donors (Lipinski definition) is 2. The van der Waals surface area contributed by atoms with Gasteiger partial charge in [0.1, 0.15) is 11.4 Å². The number of aromatic nitrogens is 3. The van der Waals surface area contributed by atoms with Gasteiger partial charge in [-0.2, -0.15) is 20.1 Å². The van der Waals surface area contributed by atoms with Crippen LogP contribution in [0.25, 0.3) is 16.3 Å². The number of allylic oxidation sites excluding steroid dienone is 1. The van der Waals surface area contributed by atoms with Gasteiger partial charge in [0.15, 0.2) is 5.82 Å². The third kappa shape index (κ3) is 4.18. The van der Waals surface area contributed by atoms with Gasteiger partial charge < -0.3 is 15.7 Å². The van der Waals surface area contributed by atoms with E-state index in [1.165, 1.54) is 0 Å². The second-order valence-corrected chi connectivity index (χ2v) is 7.03. The fraction of sp³-hybridized carbons (Fsp3) is 0.0870. The number of aromatic hydroxyl groups is 1. The monoisotopic (exact) mass is 411 g/mol. The van der Waals surface area contributed by atoms with Crippen molar-refractivity contribution in [3.8, 4) is 5.75 Å². The standard InChI is InChI=1S/C23H21N7O/c1-14(2)21-25-22(24)27-23(26-21)30(3)17-11-9-16(10-12-17)28-29-20-18-7-5-4-6-15(18)8-13-19(20)31/h4-13,31H,1H2,2-3H3,(H2,24,25,26,27). The number of nitrogens with zero attached hydrogens (tertiary/aromatic N) is 6. The fourth-order valence-corrected chi connectivity index (χ4v) is 3.04. The van der Waals surface area contributed by atoms with E-state index in [4.69, 9.17) is 5.73 Å². The first kappa shape index (κ1) is 20.0. The lowest BCUT2D eigenvalue weighted by molar-refractivity contribution is 0.477. The van der Waals surface area contributed by atoms with E-state index in [9.17, 15) is 5.11 Å². The first-order valence-electron chi connectivity index (χ1n) is 9.56. The Balaban J connectivity index is 1.60. The van der Waals surface area contributed by atoms with Crippen LogP contribution < -0.4 is 10.6 Å². The van der Waals surface area contributed by atoms with Crippen LogP contribution in [0.1, 0.15) is 12.7 Å². The summed E-state index contributed by atoms with van der Waals surface area (Å²) in [5, 5.41) is 20.6. The predicted molar refractivity (Wildman–Crippen MR) is 123 cm³/mol. The second kappa shape index (κ2) is 8.19. The normalized spacial score (nSPS) is 11.2. The summed E-state index contributed by atoms with van der Waals surface area (Å²) in [6.07, 6.45) is 0. The topological polar surface area (TPSA) is 113 Å². The predicted octanol–water partition coefficient (Wildman–Crippen LogP) is 5.53. The molecular formula is C23H21N7O. The van der Waals surface area contributed by atoms with E-state index in [1.807, 2.05) is 68.6 Å². The quantitative estimate of drug-likeness (QED) is 0.418. The minimum Gasteiger partial charge on any atom is -0.506 e. The summed E-state index contributed by atoms with van der Waals surface area (Å²) in [5.74, 6) is 1.09. The number of benzene rings is 3. The summed E-state index contributed by atoms with van der Waals surface area (Å²) in [6.45, 7) is 5.67. The van der Waals surface area contributed by atoms with Gasteiger partial charge in [-0.05, 0) is 48.2 Å². The van der Waals surface area contributed by atoms with Gasteiger partial charge in [-0.1, -0.05) is 36.9 Å². The molecule has 0 unspecified atom stereocenters. The molecule has 0 saturated carbocycles. The maximum atomic E-state index is 10.2. The van der Waals surface area contributed by atoms with Crippen LogP contribution in [0.5, 0.6) is 5.75 Å². The molecule has 0 atom stereocenters. The van der Waals surface area contributed by atoms with E-state index in [2.05, 4.69) is 31.8 Å².